The zero-order valence-corrected chi connectivity index (χ0v) is 16.4. The largest absolute Gasteiger partial charge is 0.487 e. The summed E-state index contributed by atoms with van der Waals surface area (Å²) in [5.41, 5.74) is 1.71. The van der Waals surface area contributed by atoms with Crippen LogP contribution >= 0.6 is 11.6 Å². The number of imide groups is 1. The predicted octanol–water partition coefficient (Wildman–Crippen LogP) is 3.92. The maximum atomic E-state index is 12.3. The summed E-state index contributed by atoms with van der Waals surface area (Å²) >= 11 is 6.28. The van der Waals surface area contributed by atoms with Crippen LogP contribution in [0.2, 0.25) is 5.02 Å². The van der Waals surface area contributed by atoms with Crippen LogP contribution in [0.5, 0.6) is 5.75 Å². The van der Waals surface area contributed by atoms with Gasteiger partial charge in [-0.15, -0.1) is 0 Å². The van der Waals surface area contributed by atoms with E-state index in [4.69, 9.17) is 21.4 Å². The number of hydrogen-bond acceptors (Lipinski definition) is 4. The number of carboxylic acid groups (broad SMARTS) is 1. The predicted molar refractivity (Wildman–Crippen MR) is 108 cm³/mol. The molecule has 0 aliphatic carbocycles. The second kappa shape index (κ2) is 8.79. The van der Waals surface area contributed by atoms with E-state index in [1.165, 1.54) is 12.1 Å². The SMILES string of the molecule is CCCN1C(=O)NC(=Cc2ccc(OCc3cccc(C(=O)O)c3)c(Cl)c2)C1=O. The fourth-order valence-electron chi connectivity index (χ4n) is 2.84. The molecule has 1 heterocycles. The quantitative estimate of drug-likeness (QED) is 0.528. The number of rotatable bonds is 7. The first-order chi connectivity index (χ1) is 13.9. The van der Waals surface area contributed by atoms with E-state index >= 15 is 0 Å². The lowest BCUT2D eigenvalue weighted by molar-refractivity contribution is -0.122. The van der Waals surface area contributed by atoms with Crippen molar-refractivity contribution in [1.29, 1.82) is 0 Å². The van der Waals surface area contributed by atoms with Crippen LogP contribution in [0.25, 0.3) is 6.08 Å². The second-order valence-corrected chi connectivity index (χ2v) is 6.84. The Morgan fingerprint density at radius 3 is 2.72 bits per heavy atom. The van der Waals surface area contributed by atoms with Crippen molar-refractivity contribution >= 4 is 35.6 Å². The van der Waals surface area contributed by atoms with Gasteiger partial charge in [0, 0.05) is 6.54 Å². The zero-order chi connectivity index (χ0) is 21.0. The molecule has 7 nitrogen and oxygen atoms in total. The molecule has 2 aromatic carbocycles. The lowest BCUT2D eigenvalue weighted by Crippen LogP contribution is -2.31. The first-order valence-electron chi connectivity index (χ1n) is 8.98. The van der Waals surface area contributed by atoms with Gasteiger partial charge in [-0.25, -0.2) is 9.59 Å². The third kappa shape index (κ3) is 4.75. The van der Waals surface area contributed by atoms with Gasteiger partial charge in [0.1, 0.15) is 18.1 Å². The van der Waals surface area contributed by atoms with Gasteiger partial charge in [0.05, 0.1) is 10.6 Å². The van der Waals surface area contributed by atoms with Gasteiger partial charge in [-0.05, 0) is 47.9 Å². The Bertz CT molecular complexity index is 1000. The summed E-state index contributed by atoms with van der Waals surface area (Å²) in [6.07, 6.45) is 2.24. The average molecular weight is 415 g/mol. The molecular weight excluding hydrogens is 396 g/mol. The van der Waals surface area contributed by atoms with Crippen molar-refractivity contribution in [3.8, 4) is 5.75 Å². The van der Waals surface area contributed by atoms with Gasteiger partial charge in [0.15, 0.2) is 0 Å². The van der Waals surface area contributed by atoms with Crippen LogP contribution in [0, 0.1) is 0 Å². The van der Waals surface area contributed by atoms with Gasteiger partial charge in [-0.2, -0.15) is 0 Å². The number of halogens is 1. The summed E-state index contributed by atoms with van der Waals surface area (Å²) in [7, 11) is 0. The Morgan fingerprint density at radius 1 is 1.24 bits per heavy atom. The molecule has 29 heavy (non-hydrogen) atoms. The molecule has 150 valence electrons. The van der Waals surface area contributed by atoms with E-state index in [2.05, 4.69) is 5.32 Å². The molecule has 0 radical (unpaired) electrons. The minimum absolute atomic E-state index is 0.155. The second-order valence-electron chi connectivity index (χ2n) is 6.43. The van der Waals surface area contributed by atoms with Crippen LogP contribution in [0.15, 0.2) is 48.2 Å². The van der Waals surface area contributed by atoms with Crippen LogP contribution in [-0.2, 0) is 11.4 Å². The third-order valence-corrected chi connectivity index (χ3v) is 4.54. The molecule has 0 atom stereocenters. The number of carbonyl (C=O) groups is 3. The fraction of sp³-hybridized carbons (Fsp3) is 0.190. The van der Waals surface area contributed by atoms with E-state index in [0.717, 1.165) is 4.90 Å². The van der Waals surface area contributed by atoms with E-state index in [9.17, 15) is 14.4 Å². The van der Waals surface area contributed by atoms with E-state index in [1.54, 1.807) is 36.4 Å². The topological polar surface area (TPSA) is 95.9 Å². The Hall–Kier alpha value is -3.32. The molecule has 1 saturated heterocycles. The average Bonchev–Trinajstić information content (AvgIpc) is 2.95. The summed E-state index contributed by atoms with van der Waals surface area (Å²) < 4.78 is 5.68. The summed E-state index contributed by atoms with van der Waals surface area (Å²) in [5.74, 6) is -0.955. The number of amides is 3. The number of ether oxygens (including phenoxy) is 1. The third-order valence-electron chi connectivity index (χ3n) is 4.24. The monoisotopic (exact) mass is 414 g/mol. The first-order valence-corrected chi connectivity index (χ1v) is 9.36. The Kier molecular flexibility index (Phi) is 6.19. The normalized spacial score (nSPS) is 15.0. The standard InChI is InChI=1S/C21H19ClN2O5/c1-2-8-24-19(25)17(23-21(24)28)11-13-6-7-18(16(22)10-13)29-12-14-4-3-5-15(9-14)20(26)27/h3-7,9-11H,2,8,12H2,1H3,(H,23,28)(H,26,27). The molecule has 1 fully saturated rings. The lowest BCUT2D eigenvalue weighted by Gasteiger charge is -2.10. The fourth-order valence-corrected chi connectivity index (χ4v) is 3.09. The molecule has 1 aliphatic rings. The molecule has 0 saturated carbocycles. The van der Waals surface area contributed by atoms with Crippen LogP contribution in [0.1, 0.15) is 34.8 Å². The molecular formula is C21H19ClN2O5. The molecule has 0 aromatic heterocycles. The van der Waals surface area contributed by atoms with Crippen LogP contribution in [0.3, 0.4) is 0 Å². The molecule has 1 aliphatic heterocycles. The minimum Gasteiger partial charge on any atom is -0.487 e. The van der Waals surface area contributed by atoms with Gasteiger partial charge in [0.25, 0.3) is 5.91 Å². The molecule has 3 amide bonds. The molecule has 2 N–H and O–H groups in total. The number of carboxylic acids is 1. The van der Waals surface area contributed by atoms with Crippen molar-refractivity contribution in [3.05, 3.63) is 69.9 Å². The van der Waals surface area contributed by atoms with Crippen LogP contribution < -0.4 is 10.1 Å². The highest BCUT2D eigenvalue weighted by Gasteiger charge is 2.32. The number of nitrogens with one attached hydrogen (secondary N) is 1. The van der Waals surface area contributed by atoms with Crippen LogP contribution in [-0.4, -0.2) is 34.5 Å². The van der Waals surface area contributed by atoms with Crippen molar-refractivity contribution in [2.24, 2.45) is 0 Å². The lowest BCUT2D eigenvalue weighted by atomic mass is 10.1. The highest BCUT2D eigenvalue weighted by atomic mass is 35.5. The van der Waals surface area contributed by atoms with Gasteiger partial charge < -0.3 is 15.2 Å². The summed E-state index contributed by atoms with van der Waals surface area (Å²) in [6.45, 7) is 2.40. The van der Waals surface area contributed by atoms with Crippen molar-refractivity contribution in [2.45, 2.75) is 20.0 Å². The van der Waals surface area contributed by atoms with E-state index in [0.29, 0.717) is 34.9 Å². The summed E-state index contributed by atoms with van der Waals surface area (Å²) in [6, 6.07) is 11.0. The molecule has 2 aromatic rings. The number of carbonyl (C=O) groups excluding carboxylic acids is 2. The van der Waals surface area contributed by atoms with Crippen molar-refractivity contribution < 1.29 is 24.2 Å². The first kappa shape index (κ1) is 20.4. The Morgan fingerprint density at radius 2 is 2.03 bits per heavy atom. The number of benzene rings is 2. The zero-order valence-electron chi connectivity index (χ0n) is 15.6. The number of aromatic carboxylic acids is 1. The number of nitrogens with zero attached hydrogens (tertiary/aromatic N) is 1. The molecule has 0 unspecified atom stereocenters. The smallest absolute Gasteiger partial charge is 0.335 e. The number of urea groups is 1. The van der Waals surface area contributed by atoms with E-state index in [-0.39, 0.29) is 23.8 Å². The van der Waals surface area contributed by atoms with Crippen LogP contribution in [0.4, 0.5) is 4.79 Å². The van der Waals surface area contributed by atoms with E-state index < -0.39 is 12.0 Å². The van der Waals surface area contributed by atoms with Gasteiger partial charge in [-0.3, -0.25) is 9.69 Å². The highest BCUT2D eigenvalue weighted by Crippen LogP contribution is 2.28. The molecule has 0 bridgehead atoms. The van der Waals surface area contributed by atoms with Gasteiger partial charge in [0.2, 0.25) is 0 Å². The summed E-state index contributed by atoms with van der Waals surface area (Å²) in [4.78, 5) is 36.3. The number of hydrogen-bond donors (Lipinski definition) is 2. The van der Waals surface area contributed by atoms with Crippen molar-refractivity contribution in [3.63, 3.8) is 0 Å². The maximum absolute atomic E-state index is 12.3. The maximum Gasteiger partial charge on any atom is 0.335 e. The Labute approximate surface area is 172 Å². The minimum atomic E-state index is -1.01. The molecule has 0 spiro atoms. The molecule has 8 heteroatoms. The highest BCUT2D eigenvalue weighted by molar-refractivity contribution is 6.32. The Balaban J connectivity index is 1.71. The van der Waals surface area contributed by atoms with Gasteiger partial charge in [-0.1, -0.05) is 36.7 Å². The van der Waals surface area contributed by atoms with Crippen molar-refractivity contribution in [1.82, 2.24) is 10.2 Å². The van der Waals surface area contributed by atoms with Crippen molar-refractivity contribution in [2.75, 3.05) is 6.54 Å². The summed E-state index contributed by atoms with van der Waals surface area (Å²) in [5, 5.41) is 11.9. The molecule has 3 rings (SSSR count). The van der Waals surface area contributed by atoms with Gasteiger partial charge >= 0.3 is 12.0 Å². The van der Waals surface area contributed by atoms with E-state index in [1.807, 2.05) is 6.92 Å².